The van der Waals surface area contributed by atoms with Crippen LogP contribution >= 0.6 is 0 Å². The Kier molecular flexibility index (Phi) is 3.94. The number of phenolic OH excluding ortho intramolecular Hbond substituents is 1. The topological polar surface area (TPSA) is 77.8 Å². The maximum absolute atomic E-state index is 12.4. The summed E-state index contributed by atoms with van der Waals surface area (Å²) in [6.45, 7) is 0.398. The lowest BCUT2D eigenvalue weighted by molar-refractivity contribution is -0.143. The van der Waals surface area contributed by atoms with Crippen LogP contribution in [-0.2, 0) is 4.79 Å². The predicted octanol–water partition coefficient (Wildman–Crippen LogP) is 1.41. The van der Waals surface area contributed by atoms with Crippen LogP contribution in [-0.4, -0.2) is 39.6 Å². The molecular weight excluding hydrogens is 258 g/mol. The van der Waals surface area contributed by atoms with Gasteiger partial charge in [-0.3, -0.25) is 4.79 Å². The van der Waals surface area contributed by atoms with E-state index >= 15 is 0 Å². The lowest BCUT2D eigenvalue weighted by Crippen LogP contribution is -2.47. The fraction of sp³-hybridized carbons (Fsp3) is 0.333. The molecule has 1 aliphatic rings. The van der Waals surface area contributed by atoms with Gasteiger partial charge in [0.15, 0.2) is 0 Å². The first-order valence-corrected chi connectivity index (χ1v) is 6.34. The largest absolute Gasteiger partial charge is 0.507 e. The third-order valence-corrected chi connectivity index (χ3v) is 3.43. The molecule has 5 heteroatoms. The Morgan fingerprint density at radius 3 is 2.70 bits per heavy atom. The van der Waals surface area contributed by atoms with Crippen molar-refractivity contribution in [1.29, 1.82) is 0 Å². The van der Waals surface area contributed by atoms with Gasteiger partial charge in [-0.25, -0.2) is 4.79 Å². The minimum absolute atomic E-state index is 0.190. The van der Waals surface area contributed by atoms with Crippen molar-refractivity contribution in [2.24, 2.45) is 0 Å². The molecule has 1 atom stereocenters. The van der Waals surface area contributed by atoms with Crippen molar-refractivity contribution in [3.63, 3.8) is 0 Å². The van der Waals surface area contributed by atoms with E-state index in [9.17, 15) is 14.7 Å². The highest BCUT2D eigenvalue weighted by Gasteiger charge is 2.32. The predicted molar refractivity (Wildman–Crippen MR) is 70.7 cm³/mol. The highest BCUT2D eigenvalue weighted by molar-refractivity contribution is 5.97. The monoisotopic (exact) mass is 272 g/mol. The molecule has 0 saturated carbocycles. The van der Waals surface area contributed by atoms with Gasteiger partial charge in [0, 0.05) is 12.1 Å². The molecule has 1 fully saturated rings. The fourth-order valence-corrected chi connectivity index (χ4v) is 2.37. The molecule has 0 aliphatic carbocycles. The lowest BCUT2D eigenvalue weighted by atomic mass is 10.0. The molecule has 2 N–H and O–H groups in total. The summed E-state index contributed by atoms with van der Waals surface area (Å²) >= 11 is 0. The second-order valence-electron chi connectivity index (χ2n) is 4.71. The van der Waals surface area contributed by atoms with Gasteiger partial charge < -0.3 is 15.1 Å². The normalized spacial score (nSPS) is 18.4. The van der Waals surface area contributed by atoms with Gasteiger partial charge in [-0.1, -0.05) is 0 Å². The van der Waals surface area contributed by atoms with E-state index in [2.05, 4.69) is 0 Å². The molecule has 1 amide bonds. The number of carbonyl (C=O) groups is 2. The van der Waals surface area contributed by atoms with Crippen molar-refractivity contribution in [3.05, 3.63) is 35.7 Å². The average molecular weight is 272 g/mol. The Bertz CT molecular complexity index is 588. The van der Waals surface area contributed by atoms with E-state index in [1.807, 2.05) is 5.92 Å². The minimum Gasteiger partial charge on any atom is -0.507 e. The van der Waals surface area contributed by atoms with Crippen LogP contribution in [0.4, 0.5) is 0 Å². The Labute approximate surface area is 116 Å². The molecule has 1 radical (unpaired) electrons. The second-order valence-corrected chi connectivity index (χ2v) is 4.71. The molecule has 0 bridgehead atoms. The van der Waals surface area contributed by atoms with Crippen molar-refractivity contribution >= 4 is 11.9 Å². The third-order valence-electron chi connectivity index (χ3n) is 3.43. The van der Waals surface area contributed by atoms with Crippen LogP contribution in [0.5, 0.6) is 5.75 Å². The number of piperidine rings is 1. The number of nitrogens with zero attached hydrogens (tertiary/aromatic N) is 1. The van der Waals surface area contributed by atoms with E-state index in [4.69, 9.17) is 11.5 Å². The minimum atomic E-state index is -1.01. The van der Waals surface area contributed by atoms with Crippen LogP contribution in [0.1, 0.15) is 35.2 Å². The van der Waals surface area contributed by atoms with Crippen molar-refractivity contribution < 1.29 is 19.8 Å². The first-order chi connectivity index (χ1) is 9.54. The van der Waals surface area contributed by atoms with Crippen LogP contribution in [0.25, 0.3) is 0 Å². The Balaban J connectivity index is 2.28. The molecule has 1 saturated heterocycles. The van der Waals surface area contributed by atoms with Gasteiger partial charge in [0.1, 0.15) is 11.8 Å². The third kappa shape index (κ3) is 2.59. The van der Waals surface area contributed by atoms with Crippen molar-refractivity contribution in [2.75, 3.05) is 6.54 Å². The molecule has 1 heterocycles. The molecule has 5 nitrogen and oxygen atoms in total. The van der Waals surface area contributed by atoms with Crippen LogP contribution < -0.4 is 0 Å². The Hall–Kier alpha value is -2.48. The van der Waals surface area contributed by atoms with Gasteiger partial charge in [0.2, 0.25) is 0 Å². The van der Waals surface area contributed by atoms with Crippen LogP contribution in [0.3, 0.4) is 0 Å². The van der Waals surface area contributed by atoms with E-state index in [-0.39, 0.29) is 16.9 Å². The molecule has 103 valence electrons. The van der Waals surface area contributed by atoms with Gasteiger partial charge in [0.25, 0.3) is 5.91 Å². The first-order valence-electron chi connectivity index (χ1n) is 6.34. The van der Waals surface area contributed by atoms with Crippen molar-refractivity contribution in [1.82, 2.24) is 4.90 Å². The number of carboxylic acid groups (broad SMARTS) is 1. The summed E-state index contributed by atoms with van der Waals surface area (Å²) < 4.78 is 0. The zero-order valence-electron chi connectivity index (χ0n) is 10.8. The number of phenols is 1. The molecule has 2 rings (SSSR count). The number of aromatic hydroxyl groups is 1. The Morgan fingerprint density at radius 2 is 2.10 bits per heavy atom. The number of amides is 1. The van der Waals surface area contributed by atoms with E-state index in [0.717, 1.165) is 12.8 Å². The van der Waals surface area contributed by atoms with Crippen LogP contribution in [0, 0.1) is 12.3 Å². The maximum Gasteiger partial charge on any atom is 0.326 e. The molecule has 1 aromatic carbocycles. The Morgan fingerprint density at radius 1 is 1.35 bits per heavy atom. The zero-order chi connectivity index (χ0) is 14.7. The van der Waals surface area contributed by atoms with Gasteiger partial charge in [0.05, 0.1) is 5.56 Å². The number of hydrogen-bond acceptors (Lipinski definition) is 3. The fourth-order valence-electron chi connectivity index (χ4n) is 2.37. The van der Waals surface area contributed by atoms with Crippen LogP contribution in [0.15, 0.2) is 18.2 Å². The quantitative estimate of drug-likeness (QED) is 0.798. The summed E-state index contributed by atoms with van der Waals surface area (Å²) in [5.74, 6) is 0.415. The van der Waals surface area contributed by atoms with E-state index in [1.54, 1.807) is 0 Å². The molecule has 20 heavy (non-hydrogen) atoms. The summed E-state index contributed by atoms with van der Waals surface area (Å²) in [7, 11) is 0. The second kappa shape index (κ2) is 5.66. The summed E-state index contributed by atoms with van der Waals surface area (Å²) in [5, 5.41) is 18.8. The highest BCUT2D eigenvalue weighted by Crippen LogP contribution is 2.23. The molecule has 0 spiro atoms. The average Bonchev–Trinajstić information content (AvgIpc) is 2.46. The number of hydrogen-bond donors (Lipinski definition) is 2. The van der Waals surface area contributed by atoms with Gasteiger partial charge in [-0.05, 0) is 49.8 Å². The first kappa shape index (κ1) is 13.9. The van der Waals surface area contributed by atoms with E-state index in [1.165, 1.54) is 23.1 Å². The SMILES string of the molecule is [C]#Cc1ccc(C(=O)N2CCCCC2C(=O)O)cc1O. The maximum atomic E-state index is 12.4. The van der Waals surface area contributed by atoms with Crippen LogP contribution in [0.2, 0.25) is 0 Å². The smallest absolute Gasteiger partial charge is 0.326 e. The van der Waals surface area contributed by atoms with Crippen molar-refractivity contribution in [2.45, 2.75) is 25.3 Å². The number of carbonyl (C=O) groups excluding carboxylic acids is 1. The molecule has 1 unspecified atom stereocenters. The molecule has 1 aromatic rings. The lowest BCUT2D eigenvalue weighted by Gasteiger charge is -2.33. The highest BCUT2D eigenvalue weighted by atomic mass is 16.4. The summed E-state index contributed by atoms with van der Waals surface area (Å²) in [4.78, 5) is 24.9. The van der Waals surface area contributed by atoms with Gasteiger partial charge in [-0.2, -0.15) is 0 Å². The van der Waals surface area contributed by atoms with Gasteiger partial charge >= 0.3 is 5.97 Å². The molecule has 1 aliphatic heterocycles. The summed E-state index contributed by atoms with van der Waals surface area (Å²) in [5.41, 5.74) is 0.407. The number of benzene rings is 1. The number of rotatable bonds is 2. The van der Waals surface area contributed by atoms with E-state index < -0.39 is 17.9 Å². The zero-order valence-corrected chi connectivity index (χ0v) is 10.8. The number of carboxylic acids is 1. The molecule has 0 aromatic heterocycles. The molecular formula is C15H14NO4. The van der Waals surface area contributed by atoms with E-state index in [0.29, 0.717) is 13.0 Å². The number of aliphatic carboxylic acids is 1. The summed E-state index contributed by atoms with van der Waals surface area (Å²) in [6.07, 6.45) is 8.96. The van der Waals surface area contributed by atoms with Crippen molar-refractivity contribution in [3.8, 4) is 11.7 Å². The number of likely N-dealkylation sites (tertiary alicyclic amines) is 1. The standard InChI is InChI=1S/C15H14NO4/c1-2-10-6-7-11(9-13(10)17)14(18)16-8-4-3-5-12(16)15(19)20/h6-7,9,12,17H,3-5,8H2,(H,19,20). The summed E-state index contributed by atoms with van der Waals surface area (Å²) in [6, 6.07) is 3.31. The van der Waals surface area contributed by atoms with Gasteiger partial charge in [-0.15, -0.1) is 0 Å².